The zero-order chi connectivity index (χ0) is 9.80. The molecule has 2 aromatic carbocycles. The average Bonchev–Trinajstić information content (AvgIpc) is 2.23. The first-order valence-corrected chi connectivity index (χ1v) is 10.4. The summed E-state index contributed by atoms with van der Waals surface area (Å²) < 4.78 is 3.19. The second kappa shape index (κ2) is 4.74. The van der Waals surface area contributed by atoms with E-state index in [1.807, 2.05) is 0 Å². The van der Waals surface area contributed by atoms with Gasteiger partial charge in [-0.25, -0.2) is 0 Å². The minimum absolute atomic E-state index is 1.02. The van der Waals surface area contributed by atoms with E-state index >= 15 is 0 Å². The summed E-state index contributed by atoms with van der Waals surface area (Å²) in [5, 5.41) is 0. The summed E-state index contributed by atoms with van der Waals surface area (Å²) in [6.45, 7) is 2.14. The predicted molar refractivity (Wildman–Crippen MR) is 56.9 cm³/mol. The van der Waals surface area contributed by atoms with Crippen molar-refractivity contribution in [1.29, 1.82) is 0 Å². The van der Waals surface area contributed by atoms with Crippen molar-refractivity contribution in [2.45, 2.75) is 6.92 Å². The van der Waals surface area contributed by atoms with Gasteiger partial charge in [0.1, 0.15) is 0 Å². The van der Waals surface area contributed by atoms with Crippen molar-refractivity contribution >= 4 is 6.14 Å². The van der Waals surface area contributed by atoms with Crippen LogP contribution in [0.25, 0.3) is 0 Å². The first kappa shape index (κ1) is 9.91. The van der Waals surface area contributed by atoms with E-state index in [0.717, 1.165) is 0 Å². The molecular weight excluding hydrogens is 357 g/mol. The van der Waals surface area contributed by atoms with Crippen LogP contribution in [0.1, 0.15) is 5.56 Å². The van der Waals surface area contributed by atoms with Gasteiger partial charge >= 0.3 is 97.8 Å². The molecule has 0 amide bonds. The van der Waals surface area contributed by atoms with Crippen LogP contribution in [0.4, 0.5) is 0 Å². The third-order valence-corrected chi connectivity index (χ3v) is 9.21. The van der Waals surface area contributed by atoms with Crippen LogP contribution in [-0.4, -0.2) is 0 Å². The van der Waals surface area contributed by atoms with Crippen molar-refractivity contribution in [3.8, 4) is 0 Å². The average molecular weight is 369 g/mol. The third-order valence-electron chi connectivity index (χ3n) is 2.37. The molecule has 0 aliphatic rings. The quantitative estimate of drug-likeness (QED) is 0.712. The van der Waals surface area contributed by atoms with Crippen LogP contribution in [0.2, 0.25) is 0 Å². The Hall–Kier alpha value is -0.625. The minimum atomic E-state index is -1.02. The monoisotopic (exact) mass is 370 g/mol. The van der Waals surface area contributed by atoms with E-state index in [2.05, 4.69) is 61.5 Å². The molecule has 66 valence electrons. The Bertz CT molecular complexity index is 389. The Morgan fingerprint density at radius 1 is 0.714 bits per heavy atom. The molecular formula is C13H12Hg. The molecule has 2 rings (SSSR count). The van der Waals surface area contributed by atoms with Gasteiger partial charge in [-0.05, 0) is 0 Å². The fourth-order valence-electron chi connectivity index (χ4n) is 1.54. The van der Waals surface area contributed by atoms with Gasteiger partial charge in [0.15, 0.2) is 0 Å². The number of benzene rings is 2. The molecule has 14 heavy (non-hydrogen) atoms. The predicted octanol–water partition coefficient (Wildman–Crippen LogP) is 2.03. The second-order valence-corrected chi connectivity index (χ2v) is 11.4. The van der Waals surface area contributed by atoms with Gasteiger partial charge in [0.05, 0.1) is 0 Å². The maximum atomic E-state index is 2.30. The molecule has 0 atom stereocenters. The summed E-state index contributed by atoms with van der Waals surface area (Å²) in [7, 11) is 0. The van der Waals surface area contributed by atoms with Crippen LogP contribution in [-0.2, 0) is 24.6 Å². The van der Waals surface area contributed by atoms with Gasteiger partial charge in [-0.2, -0.15) is 0 Å². The number of rotatable bonds is 2. The van der Waals surface area contributed by atoms with E-state index in [-0.39, 0.29) is 0 Å². The molecule has 0 heterocycles. The zero-order valence-electron chi connectivity index (χ0n) is 8.40. The molecule has 0 bridgehead atoms. The fraction of sp³-hybridized carbons (Fsp3) is 0.0769. The van der Waals surface area contributed by atoms with Crippen LogP contribution in [0.3, 0.4) is 0 Å². The third kappa shape index (κ3) is 2.68. The Morgan fingerprint density at radius 3 is 1.93 bits per heavy atom. The van der Waals surface area contributed by atoms with Crippen LogP contribution >= 0.6 is 0 Å². The summed E-state index contributed by atoms with van der Waals surface area (Å²) in [6.07, 6.45) is 0. The Kier molecular flexibility index (Phi) is 3.36. The molecule has 0 spiro atoms. The fourth-order valence-corrected chi connectivity index (χ4v) is 7.18. The van der Waals surface area contributed by atoms with Gasteiger partial charge < -0.3 is 0 Å². The Morgan fingerprint density at radius 2 is 1.29 bits per heavy atom. The van der Waals surface area contributed by atoms with Crippen molar-refractivity contribution in [2.24, 2.45) is 0 Å². The van der Waals surface area contributed by atoms with Crippen LogP contribution in [0, 0.1) is 6.92 Å². The summed E-state index contributed by atoms with van der Waals surface area (Å²) in [5.41, 5.74) is 1.36. The molecule has 0 saturated heterocycles. The second-order valence-electron chi connectivity index (χ2n) is 3.65. The summed E-state index contributed by atoms with van der Waals surface area (Å²) >= 11 is -1.02. The molecule has 0 fully saturated rings. The van der Waals surface area contributed by atoms with E-state index < -0.39 is 24.6 Å². The van der Waals surface area contributed by atoms with Gasteiger partial charge in [0.2, 0.25) is 0 Å². The van der Waals surface area contributed by atoms with Gasteiger partial charge in [-0.15, -0.1) is 0 Å². The molecule has 0 aromatic heterocycles. The van der Waals surface area contributed by atoms with E-state index in [1.54, 1.807) is 6.14 Å². The molecule has 0 aliphatic carbocycles. The molecule has 0 nitrogen and oxygen atoms in total. The van der Waals surface area contributed by atoms with Crippen LogP contribution in [0.5, 0.6) is 0 Å². The number of hydrogen-bond acceptors (Lipinski definition) is 0. The molecule has 2 aromatic rings. The molecule has 0 saturated carbocycles. The van der Waals surface area contributed by atoms with E-state index in [0.29, 0.717) is 0 Å². The van der Waals surface area contributed by atoms with Crippen LogP contribution in [0.15, 0.2) is 54.6 Å². The van der Waals surface area contributed by atoms with Gasteiger partial charge in [0.25, 0.3) is 0 Å². The molecule has 0 unspecified atom stereocenters. The van der Waals surface area contributed by atoms with Crippen molar-refractivity contribution in [2.75, 3.05) is 0 Å². The van der Waals surface area contributed by atoms with Crippen molar-refractivity contribution < 1.29 is 24.6 Å². The normalized spacial score (nSPS) is 9.50. The van der Waals surface area contributed by atoms with Gasteiger partial charge in [-0.1, -0.05) is 0 Å². The first-order valence-electron chi connectivity index (χ1n) is 4.94. The zero-order valence-corrected chi connectivity index (χ0v) is 13.9. The molecule has 0 N–H and O–H groups in total. The summed E-state index contributed by atoms with van der Waals surface area (Å²) in [5.74, 6) is 0. The Balaban J connectivity index is 2.16. The van der Waals surface area contributed by atoms with Crippen molar-refractivity contribution in [3.63, 3.8) is 0 Å². The number of aryl methyl sites for hydroxylation is 1. The molecule has 1 heteroatoms. The van der Waals surface area contributed by atoms with Gasteiger partial charge in [-0.3, -0.25) is 0 Å². The Labute approximate surface area is 97.4 Å². The van der Waals surface area contributed by atoms with Crippen molar-refractivity contribution in [1.82, 2.24) is 0 Å². The summed E-state index contributed by atoms with van der Waals surface area (Å²) in [4.78, 5) is 0. The molecule has 0 aliphatic heterocycles. The topological polar surface area (TPSA) is 0 Å². The standard InChI is InChI=1S/C7H7.C6H5.Hg/c1-7-5-3-2-4-6-7;1-2-4-6-5-3-1;/h3-6H,1H3;1-5H;. The molecule has 0 radical (unpaired) electrons. The SMILES string of the molecule is Cc1cc[c]([Hg][c]2ccccc2)cc1. The van der Waals surface area contributed by atoms with Gasteiger partial charge in [0, 0.05) is 0 Å². The van der Waals surface area contributed by atoms with E-state index in [1.165, 1.54) is 5.56 Å². The number of hydrogen-bond donors (Lipinski definition) is 0. The van der Waals surface area contributed by atoms with E-state index in [9.17, 15) is 0 Å². The van der Waals surface area contributed by atoms with Crippen molar-refractivity contribution in [3.05, 3.63) is 60.2 Å². The first-order chi connectivity index (χ1) is 6.84. The maximum absolute atomic E-state index is 2.30. The van der Waals surface area contributed by atoms with Crippen LogP contribution < -0.4 is 6.14 Å². The summed E-state index contributed by atoms with van der Waals surface area (Å²) in [6, 6.07) is 19.9. The van der Waals surface area contributed by atoms with E-state index in [4.69, 9.17) is 0 Å².